The fraction of sp³-hybridized carbons (Fsp3) is 0.0909. The Labute approximate surface area is 96.9 Å². The van der Waals surface area contributed by atoms with Crippen molar-refractivity contribution < 1.29 is 9.13 Å². The van der Waals surface area contributed by atoms with E-state index >= 15 is 0 Å². The first-order valence-electron chi connectivity index (χ1n) is 4.53. The highest BCUT2D eigenvalue weighted by atomic mass is 35.5. The summed E-state index contributed by atoms with van der Waals surface area (Å²) in [5.74, 6) is 0.0162. The normalized spacial score (nSPS) is 10.2. The molecule has 0 aliphatic heterocycles. The smallest absolute Gasteiger partial charge is 0.145 e. The predicted octanol–water partition coefficient (Wildman–Crippen LogP) is 2.94. The van der Waals surface area contributed by atoms with Crippen LogP contribution in [0.5, 0.6) is 5.75 Å². The summed E-state index contributed by atoms with van der Waals surface area (Å²) < 4.78 is 18.7. The van der Waals surface area contributed by atoms with E-state index in [2.05, 4.69) is 9.97 Å². The van der Waals surface area contributed by atoms with Gasteiger partial charge in [0, 0.05) is 18.5 Å². The largest absolute Gasteiger partial charge is 0.494 e. The van der Waals surface area contributed by atoms with E-state index in [0.29, 0.717) is 11.4 Å². The SMILES string of the molecule is COc1cccnc1-c1cnc(Cl)cc1F. The second-order valence-corrected chi connectivity index (χ2v) is 3.43. The number of aromatic nitrogens is 2. The van der Waals surface area contributed by atoms with Crippen molar-refractivity contribution in [3.05, 3.63) is 41.6 Å². The van der Waals surface area contributed by atoms with Crippen LogP contribution in [-0.2, 0) is 0 Å². The van der Waals surface area contributed by atoms with E-state index in [9.17, 15) is 4.39 Å². The molecule has 0 spiro atoms. The fourth-order valence-corrected chi connectivity index (χ4v) is 1.48. The lowest BCUT2D eigenvalue weighted by atomic mass is 10.1. The van der Waals surface area contributed by atoms with Gasteiger partial charge in [-0.1, -0.05) is 11.6 Å². The van der Waals surface area contributed by atoms with Crippen molar-refractivity contribution in [3.63, 3.8) is 0 Å². The maximum Gasteiger partial charge on any atom is 0.145 e. The van der Waals surface area contributed by atoms with Gasteiger partial charge in [0.05, 0.1) is 12.7 Å². The van der Waals surface area contributed by atoms with Crippen LogP contribution in [0.25, 0.3) is 11.3 Å². The first-order valence-corrected chi connectivity index (χ1v) is 4.90. The lowest BCUT2D eigenvalue weighted by Crippen LogP contribution is -1.94. The first-order chi connectivity index (χ1) is 7.72. The molecule has 2 aromatic heterocycles. The molecule has 2 heterocycles. The number of rotatable bonds is 2. The third-order valence-electron chi connectivity index (χ3n) is 2.07. The Hall–Kier alpha value is -1.68. The third kappa shape index (κ3) is 1.97. The van der Waals surface area contributed by atoms with Gasteiger partial charge < -0.3 is 4.74 Å². The van der Waals surface area contributed by atoms with E-state index < -0.39 is 5.82 Å². The van der Waals surface area contributed by atoms with Crippen LogP contribution < -0.4 is 4.74 Å². The molecule has 0 atom stereocenters. The molecule has 0 saturated heterocycles. The topological polar surface area (TPSA) is 35.0 Å². The molecule has 5 heteroatoms. The van der Waals surface area contributed by atoms with Crippen molar-refractivity contribution in [2.24, 2.45) is 0 Å². The standard InChI is InChI=1S/C11H8ClFN2O/c1-16-9-3-2-4-14-11(9)7-6-15-10(12)5-8(7)13/h2-6H,1H3. The Balaban J connectivity index is 2.58. The molecule has 2 rings (SSSR count). The minimum absolute atomic E-state index is 0.108. The minimum Gasteiger partial charge on any atom is -0.494 e. The van der Waals surface area contributed by atoms with E-state index in [1.165, 1.54) is 13.3 Å². The molecule has 0 N–H and O–H groups in total. The average Bonchev–Trinajstić information content (AvgIpc) is 2.29. The van der Waals surface area contributed by atoms with Crippen molar-refractivity contribution in [1.29, 1.82) is 0 Å². The summed E-state index contributed by atoms with van der Waals surface area (Å²) in [5, 5.41) is 0.108. The quantitative estimate of drug-likeness (QED) is 0.755. The average molecular weight is 239 g/mol. The zero-order chi connectivity index (χ0) is 11.5. The van der Waals surface area contributed by atoms with Crippen LogP contribution in [0.2, 0.25) is 5.15 Å². The van der Waals surface area contributed by atoms with Gasteiger partial charge in [-0.3, -0.25) is 4.98 Å². The molecule has 0 aliphatic carbocycles. The molecule has 2 aromatic rings. The fourth-order valence-electron chi connectivity index (χ4n) is 1.34. The van der Waals surface area contributed by atoms with Gasteiger partial charge in [0.15, 0.2) is 0 Å². The summed E-state index contributed by atoms with van der Waals surface area (Å²) in [5.41, 5.74) is 0.675. The van der Waals surface area contributed by atoms with E-state index in [4.69, 9.17) is 16.3 Å². The van der Waals surface area contributed by atoms with Crippen LogP contribution in [0.4, 0.5) is 4.39 Å². The maximum atomic E-state index is 13.6. The van der Waals surface area contributed by atoms with Crippen LogP contribution >= 0.6 is 11.6 Å². The minimum atomic E-state index is -0.475. The Morgan fingerprint density at radius 3 is 2.88 bits per heavy atom. The van der Waals surface area contributed by atoms with Gasteiger partial charge in [0.2, 0.25) is 0 Å². The molecule has 82 valence electrons. The predicted molar refractivity (Wildman–Crippen MR) is 59.0 cm³/mol. The molecule has 0 aliphatic rings. The summed E-state index contributed by atoms with van der Waals surface area (Å²) in [6.45, 7) is 0. The summed E-state index contributed by atoms with van der Waals surface area (Å²) in [4.78, 5) is 7.88. The molecule has 0 unspecified atom stereocenters. The number of methoxy groups -OCH3 is 1. The van der Waals surface area contributed by atoms with Crippen LogP contribution in [0, 0.1) is 5.82 Å². The molecule has 0 aromatic carbocycles. The Morgan fingerprint density at radius 2 is 2.19 bits per heavy atom. The van der Waals surface area contributed by atoms with Gasteiger partial charge in [-0.05, 0) is 12.1 Å². The van der Waals surface area contributed by atoms with E-state index in [1.54, 1.807) is 18.3 Å². The van der Waals surface area contributed by atoms with Gasteiger partial charge in [-0.25, -0.2) is 9.37 Å². The molecular formula is C11H8ClFN2O. The van der Waals surface area contributed by atoms with Crippen LogP contribution in [0.3, 0.4) is 0 Å². The number of halogens is 2. The molecule has 0 radical (unpaired) electrons. The number of hydrogen-bond donors (Lipinski definition) is 0. The molecular weight excluding hydrogens is 231 g/mol. The van der Waals surface area contributed by atoms with Crippen LogP contribution in [0.1, 0.15) is 0 Å². The lowest BCUT2D eigenvalue weighted by Gasteiger charge is -2.07. The maximum absolute atomic E-state index is 13.6. The monoisotopic (exact) mass is 238 g/mol. The highest BCUT2D eigenvalue weighted by molar-refractivity contribution is 6.29. The van der Waals surface area contributed by atoms with E-state index in [1.807, 2.05) is 0 Å². The highest BCUT2D eigenvalue weighted by Gasteiger charge is 2.12. The Kier molecular flexibility index (Phi) is 3.01. The molecule has 0 bridgehead atoms. The lowest BCUT2D eigenvalue weighted by molar-refractivity contribution is 0.414. The zero-order valence-electron chi connectivity index (χ0n) is 8.45. The first kappa shape index (κ1) is 10.8. The molecule has 3 nitrogen and oxygen atoms in total. The Morgan fingerprint density at radius 1 is 1.38 bits per heavy atom. The molecule has 0 fully saturated rings. The highest BCUT2D eigenvalue weighted by Crippen LogP contribution is 2.29. The van der Waals surface area contributed by atoms with Crippen LogP contribution in [-0.4, -0.2) is 17.1 Å². The number of hydrogen-bond acceptors (Lipinski definition) is 3. The second kappa shape index (κ2) is 4.45. The summed E-state index contributed by atoms with van der Waals surface area (Å²) in [6.07, 6.45) is 2.90. The number of ether oxygens (including phenoxy) is 1. The van der Waals surface area contributed by atoms with Gasteiger partial charge in [-0.15, -0.1) is 0 Å². The van der Waals surface area contributed by atoms with Crippen molar-refractivity contribution in [3.8, 4) is 17.0 Å². The van der Waals surface area contributed by atoms with Crippen molar-refractivity contribution in [2.75, 3.05) is 7.11 Å². The molecule has 0 amide bonds. The van der Waals surface area contributed by atoms with Crippen molar-refractivity contribution in [1.82, 2.24) is 9.97 Å². The van der Waals surface area contributed by atoms with Gasteiger partial charge >= 0.3 is 0 Å². The van der Waals surface area contributed by atoms with Crippen LogP contribution in [0.15, 0.2) is 30.6 Å². The second-order valence-electron chi connectivity index (χ2n) is 3.04. The van der Waals surface area contributed by atoms with Gasteiger partial charge in [-0.2, -0.15) is 0 Å². The van der Waals surface area contributed by atoms with E-state index in [-0.39, 0.29) is 10.7 Å². The summed E-state index contributed by atoms with van der Waals surface area (Å²) >= 11 is 5.58. The molecule has 0 saturated carbocycles. The molecule has 16 heavy (non-hydrogen) atoms. The van der Waals surface area contributed by atoms with Gasteiger partial charge in [0.25, 0.3) is 0 Å². The summed E-state index contributed by atoms with van der Waals surface area (Å²) in [7, 11) is 1.50. The number of pyridine rings is 2. The van der Waals surface area contributed by atoms with Crippen molar-refractivity contribution in [2.45, 2.75) is 0 Å². The Bertz CT molecular complexity index is 519. The van der Waals surface area contributed by atoms with Crippen molar-refractivity contribution >= 4 is 11.6 Å². The number of nitrogens with zero attached hydrogens (tertiary/aromatic N) is 2. The van der Waals surface area contributed by atoms with E-state index in [0.717, 1.165) is 6.07 Å². The van der Waals surface area contributed by atoms with Gasteiger partial charge in [0.1, 0.15) is 22.4 Å². The zero-order valence-corrected chi connectivity index (χ0v) is 9.20. The third-order valence-corrected chi connectivity index (χ3v) is 2.27. The summed E-state index contributed by atoms with van der Waals surface area (Å²) in [6, 6.07) is 4.56.